The summed E-state index contributed by atoms with van der Waals surface area (Å²) in [5.41, 5.74) is 2.53. The molecule has 6 nitrogen and oxygen atoms in total. The van der Waals surface area contributed by atoms with E-state index in [1.807, 2.05) is 11.3 Å². The summed E-state index contributed by atoms with van der Waals surface area (Å²) in [6.45, 7) is 7.12. The third kappa shape index (κ3) is 6.26. The third-order valence-electron chi connectivity index (χ3n) is 4.20. The Bertz CT molecular complexity index is 1170. The van der Waals surface area contributed by atoms with Gasteiger partial charge in [-0.1, -0.05) is 24.4 Å². The van der Waals surface area contributed by atoms with Crippen LogP contribution in [0.25, 0.3) is 5.52 Å². The molecule has 1 N–H and O–H groups in total. The zero-order valence-electron chi connectivity index (χ0n) is 17.1. The number of pyridine rings is 1. The summed E-state index contributed by atoms with van der Waals surface area (Å²) in [5, 5.41) is 19.2. The molecule has 0 fully saturated rings. The molecule has 0 aliphatic rings. The summed E-state index contributed by atoms with van der Waals surface area (Å²) >= 11 is 5.99. The Morgan fingerprint density at radius 2 is 2.03 bits per heavy atom. The first kappa shape index (κ1) is 25.6. The molecule has 0 spiro atoms. The topological polar surface area (TPSA) is 99.6 Å². The molecular formula is C21H23ClN2O4S2. The van der Waals surface area contributed by atoms with Crippen molar-refractivity contribution in [2.24, 2.45) is 0 Å². The molecule has 9 heteroatoms. The van der Waals surface area contributed by atoms with Gasteiger partial charge in [-0.05, 0) is 49.3 Å². The molecule has 0 aliphatic heterocycles. The Hall–Kier alpha value is -2.47. The monoisotopic (exact) mass is 466 g/mol. The number of carboxylic acids is 1. The highest BCUT2D eigenvalue weighted by atomic mass is 35.5. The maximum absolute atomic E-state index is 11.6. The first-order chi connectivity index (χ1) is 14.1. The largest absolute Gasteiger partial charge is 0.481 e. The van der Waals surface area contributed by atoms with Crippen LogP contribution < -0.4 is 0 Å². The Kier molecular flexibility index (Phi) is 9.43. The Morgan fingerprint density at radius 1 is 1.40 bits per heavy atom. The predicted octanol–water partition coefficient (Wildman–Crippen LogP) is 4.71. The lowest BCUT2D eigenvalue weighted by atomic mass is 10.1. The number of sulfone groups is 1. The molecule has 160 valence electrons. The van der Waals surface area contributed by atoms with Gasteiger partial charge in [0, 0.05) is 28.6 Å². The number of carbonyl (C=O) groups is 1. The molecule has 2 aromatic rings. The van der Waals surface area contributed by atoms with Gasteiger partial charge in [-0.25, -0.2) is 8.42 Å². The maximum Gasteiger partial charge on any atom is 0.307 e. The van der Waals surface area contributed by atoms with Gasteiger partial charge < -0.3 is 9.51 Å². The van der Waals surface area contributed by atoms with Gasteiger partial charge >= 0.3 is 5.97 Å². The molecule has 0 amide bonds. The Balaban J connectivity index is 0.00000218. The van der Waals surface area contributed by atoms with Gasteiger partial charge in [-0.3, -0.25) is 4.79 Å². The van der Waals surface area contributed by atoms with Crippen LogP contribution in [0.15, 0.2) is 58.0 Å². The smallest absolute Gasteiger partial charge is 0.307 e. The third-order valence-corrected chi connectivity index (χ3v) is 6.74. The van der Waals surface area contributed by atoms with Crippen LogP contribution >= 0.6 is 23.4 Å². The van der Waals surface area contributed by atoms with Crippen LogP contribution in [-0.4, -0.2) is 36.5 Å². The number of rotatable bonds is 7. The van der Waals surface area contributed by atoms with E-state index in [1.165, 1.54) is 31.1 Å². The normalized spacial score (nSPS) is 12.1. The number of halogens is 1. The highest BCUT2D eigenvalue weighted by molar-refractivity contribution is 8.03. The highest BCUT2D eigenvalue weighted by Crippen LogP contribution is 2.36. The summed E-state index contributed by atoms with van der Waals surface area (Å²) in [5.74, 6) is -0.958. The highest BCUT2D eigenvalue weighted by Gasteiger charge is 2.18. The minimum atomic E-state index is -3.27. The van der Waals surface area contributed by atoms with E-state index < -0.39 is 15.8 Å². The molecule has 30 heavy (non-hydrogen) atoms. The summed E-state index contributed by atoms with van der Waals surface area (Å²) in [6, 6.07) is 5.39. The number of carboxylic acid groups (broad SMARTS) is 1. The molecule has 0 atom stereocenters. The summed E-state index contributed by atoms with van der Waals surface area (Å²) in [4.78, 5) is 12.2. The van der Waals surface area contributed by atoms with Crippen molar-refractivity contribution in [3.8, 4) is 6.07 Å². The van der Waals surface area contributed by atoms with Gasteiger partial charge in [0.1, 0.15) is 0 Å². The van der Waals surface area contributed by atoms with Crippen LogP contribution in [0.1, 0.15) is 23.6 Å². The fraction of sp³-hybridized carbons (Fsp3) is 0.238. The fourth-order valence-electron chi connectivity index (χ4n) is 2.56. The van der Waals surface area contributed by atoms with Crippen molar-refractivity contribution >= 4 is 44.7 Å². The van der Waals surface area contributed by atoms with Crippen molar-refractivity contribution in [2.45, 2.75) is 25.3 Å². The molecule has 0 saturated heterocycles. The van der Waals surface area contributed by atoms with Crippen molar-refractivity contribution in [1.29, 1.82) is 5.26 Å². The maximum atomic E-state index is 11.6. The van der Waals surface area contributed by atoms with E-state index in [1.54, 1.807) is 30.5 Å². The quantitative estimate of drug-likeness (QED) is 0.360. The predicted molar refractivity (Wildman–Crippen MR) is 123 cm³/mol. The van der Waals surface area contributed by atoms with Crippen molar-refractivity contribution in [1.82, 2.24) is 4.40 Å². The zero-order chi connectivity index (χ0) is 23.1. The number of nitrogens with zero attached hydrogens (tertiary/aromatic N) is 2. The van der Waals surface area contributed by atoms with E-state index in [2.05, 4.69) is 24.2 Å². The van der Waals surface area contributed by atoms with Crippen molar-refractivity contribution in [2.75, 3.05) is 12.6 Å². The van der Waals surface area contributed by atoms with Crippen LogP contribution in [0.5, 0.6) is 0 Å². The summed E-state index contributed by atoms with van der Waals surface area (Å²) in [7, 11) is -3.27. The standard InChI is InChI=1S/C20H20N2O4S2.CH3Cl/c1-5-16(7-6-13(2)28(4,25)26)27-20-14(3)17(11-19(23)24)18-10-15(12-21)8-9-22(18)20;1-2/h5-10H,1,11H2,2-4H3,(H,23,24);1H3/b13-6+,16-7+;. The number of aromatic nitrogens is 1. The van der Waals surface area contributed by atoms with Gasteiger partial charge in [-0.2, -0.15) is 5.26 Å². The number of alkyl halides is 1. The lowest BCUT2D eigenvalue weighted by Crippen LogP contribution is -2.01. The van der Waals surface area contributed by atoms with E-state index in [0.717, 1.165) is 16.8 Å². The second-order valence-corrected chi connectivity index (χ2v) is 9.44. The molecule has 0 aromatic carbocycles. The van der Waals surface area contributed by atoms with E-state index in [4.69, 9.17) is 5.26 Å². The van der Waals surface area contributed by atoms with Crippen LogP contribution in [0.3, 0.4) is 0 Å². The average Bonchev–Trinajstić information content (AvgIpc) is 2.95. The average molecular weight is 467 g/mol. The number of aliphatic carboxylic acids is 1. The number of hydrogen-bond acceptors (Lipinski definition) is 5. The second kappa shape index (κ2) is 11.1. The Morgan fingerprint density at radius 3 is 2.53 bits per heavy atom. The van der Waals surface area contributed by atoms with Crippen LogP contribution in [0.4, 0.5) is 0 Å². The van der Waals surface area contributed by atoms with Gasteiger partial charge in [0.15, 0.2) is 9.84 Å². The minimum Gasteiger partial charge on any atom is -0.481 e. The van der Waals surface area contributed by atoms with Gasteiger partial charge in [-0.15, -0.1) is 11.6 Å². The van der Waals surface area contributed by atoms with E-state index >= 15 is 0 Å². The van der Waals surface area contributed by atoms with E-state index in [0.29, 0.717) is 21.5 Å². The van der Waals surface area contributed by atoms with Crippen molar-refractivity contribution in [3.63, 3.8) is 0 Å². The number of fused-ring (bicyclic) bond motifs is 1. The van der Waals surface area contributed by atoms with Crippen LogP contribution in [0, 0.1) is 18.3 Å². The van der Waals surface area contributed by atoms with Crippen molar-refractivity contribution < 1.29 is 18.3 Å². The Labute approximate surface area is 186 Å². The van der Waals surface area contributed by atoms with Gasteiger partial charge in [0.2, 0.25) is 0 Å². The first-order valence-corrected chi connectivity index (χ1v) is 12.1. The summed E-state index contributed by atoms with van der Waals surface area (Å²) in [6.07, 6.45) is 8.96. The molecule has 0 bridgehead atoms. The number of hydrogen-bond donors (Lipinski definition) is 1. The second-order valence-electron chi connectivity index (χ2n) is 6.19. The minimum absolute atomic E-state index is 0.162. The molecule has 0 aliphatic carbocycles. The number of thioether (sulfide) groups is 1. The SMILES string of the molecule is C=C/C(=C\C=C(/C)S(C)(=O)=O)Sc1c(C)c(CC(=O)O)c2cc(C#N)ccn12.CCl. The number of nitriles is 1. The van der Waals surface area contributed by atoms with Crippen LogP contribution in [0.2, 0.25) is 0 Å². The van der Waals surface area contributed by atoms with Crippen LogP contribution in [-0.2, 0) is 21.1 Å². The van der Waals surface area contributed by atoms with E-state index in [-0.39, 0.29) is 11.3 Å². The van der Waals surface area contributed by atoms with E-state index in [9.17, 15) is 18.3 Å². The first-order valence-electron chi connectivity index (χ1n) is 8.60. The fourth-order valence-corrected chi connectivity index (χ4v) is 3.85. The molecule has 0 unspecified atom stereocenters. The molecule has 0 radical (unpaired) electrons. The molecular weight excluding hydrogens is 444 g/mol. The van der Waals surface area contributed by atoms with Gasteiger partial charge in [0.05, 0.1) is 28.6 Å². The van der Waals surface area contributed by atoms with Gasteiger partial charge in [0.25, 0.3) is 0 Å². The molecule has 2 aromatic heterocycles. The summed E-state index contributed by atoms with van der Waals surface area (Å²) < 4.78 is 25.0. The lowest BCUT2D eigenvalue weighted by molar-refractivity contribution is -0.136. The zero-order valence-corrected chi connectivity index (χ0v) is 19.5. The number of allylic oxidation sites excluding steroid dienone is 4. The molecule has 2 rings (SSSR count). The lowest BCUT2D eigenvalue weighted by Gasteiger charge is -2.05. The molecule has 2 heterocycles. The van der Waals surface area contributed by atoms with Crippen molar-refractivity contribution in [3.05, 3.63) is 69.6 Å². The molecule has 0 saturated carbocycles.